The van der Waals surface area contributed by atoms with Gasteiger partial charge in [0, 0.05) is 17.6 Å². The van der Waals surface area contributed by atoms with E-state index in [0.717, 1.165) is 5.75 Å². The molecule has 0 heterocycles. The van der Waals surface area contributed by atoms with Crippen molar-refractivity contribution in [3.05, 3.63) is 0 Å². The normalized spacial score (nSPS) is 14.1. The molecule has 0 spiro atoms. The minimum Gasteiger partial charge on any atom is -0.390 e. The summed E-state index contributed by atoms with van der Waals surface area (Å²) in [6.45, 7) is 7.21. The van der Waals surface area contributed by atoms with Crippen LogP contribution in [0.1, 0.15) is 52.9 Å². The molecule has 0 rings (SSSR count). The molecular formula is C13H28O2S. The van der Waals surface area contributed by atoms with Crippen molar-refractivity contribution in [1.29, 1.82) is 0 Å². The van der Waals surface area contributed by atoms with Gasteiger partial charge in [0.05, 0.1) is 12.7 Å². The largest absolute Gasteiger partial charge is 0.390 e. The molecule has 0 radical (unpaired) electrons. The maximum absolute atomic E-state index is 9.58. The van der Waals surface area contributed by atoms with Crippen LogP contribution >= 0.6 is 11.8 Å². The highest BCUT2D eigenvalue weighted by molar-refractivity contribution is 8.00. The van der Waals surface area contributed by atoms with Crippen molar-refractivity contribution < 1.29 is 9.84 Å². The van der Waals surface area contributed by atoms with Gasteiger partial charge in [-0.3, -0.25) is 0 Å². The van der Waals surface area contributed by atoms with Gasteiger partial charge in [-0.2, -0.15) is 11.8 Å². The van der Waals surface area contributed by atoms with Crippen LogP contribution in [0.5, 0.6) is 0 Å². The van der Waals surface area contributed by atoms with Crippen LogP contribution in [0.3, 0.4) is 0 Å². The summed E-state index contributed by atoms with van der Waals surface area (Å²) in [5.74, 6) is 0.772. The van der Waals surface area contributed by atoms with Crippen molar-refractivity contribution in [3.63, 3.8) is 0 Å². The number of rotatable bonds is 10. The molecule has 16 heavy (non-hydrogen) atoms. The number of methoxy groups -OCH3 is 1. The molecule has 0 amide bonds. The second kappa shape index (κ2) is 9.32. The third-order valence-electron chi connectivity index (χ3n) is 2.66. The minimum absolute atomic E-state index is 0.280. The van der Waals surface area contributed by atoms with Gasteiger partial charge in [-0.25, -0.2) is 0 Å². The average Bonchev–Trinajstić information content (AvgIpc) is 2.22. The van der Waals surface area contributed by atoms with Gasteiger partial charge < -0.3 is 9.84 Å². The van der Waals surface area contributed by atoms with E-state index < -0.39 is 0 Å². The summed E-state index contributed by atoms with van der Waals surface area (Å²) in [5.41, 5.74) is 0. The van der Waals surface area contributed by atoms with E-state index >= 15 is 0 Å². The zero-order valence-corrected chi connectivity index (χ0v) is 12.1. The fraction of sp³-hybridized carbons (Fsp3) is 1.00. The Bertz CT molecular complexity index is 160. The number of ether oxygens (including phenoxy) is 1. The Morgan fingerprint density at radius 3 is 2.50 bits per heavy atom. The molecule has 0 aliphatic heterocycles. The van der Waals surface area contributed by atoms with E-state index in [9.17, 15) is 5.11 Å². The van der Waals surface area contributed by atoms with E-state index in [-0.39, 0.29) is 10.9 Å². The van der Waals surface area contributed by atoms with Crippen molar-refractivity contribution in [1.82, 2.24) is 0 Å². The highest BCUT2D eigenvalue weighted by atomic mass is 32.2. The maximum atomic E-state index is 9.58. The summed E-state index contributed by atoms with van der Waals surface area (Å²) in [6.07, 6.45) is 6.17. The number of hydrogen-bond acceptors (Lipinski definition) is 3. The lowest BCUT2D eigenvalue weighted by Gasteiger charge is -2.25. The first kappa shape index (κ1) is 16.3. The second-order valence-electron chi connectivity index (χ2n) is 4.99. The Morgan fingerprint density at radius 2 is 1.94 bits per heavy atom. The molecule has 0 aromatic rings. The molecule has 2 nitrogen and oxygen atoms in total. The van der Waals surface area contributed by atoms with Crippen LogP contribution in [0.25, 0.3) is 0 Å². The Morgan fingerprint density at radius 1 is 1.25 bits per heavy atom. The molecule has 1 unspecified atom stereocenters. The first-order valence-corrected chi connectivity index (χ1v) is 7.31. The minimum atomic E-state index is -0.329. The summed E-state index contributed by atoms with van der Waals surface area (Å²) >= 11 is 1.85. The van der Waals surface area contributed by atoms with Crippen molar-refractivity contribution in [2.24, 2.45) is 0 Å². The van der Waals surface area contributed by atoms with Crippen LogP contribution in [0.2, 0.25) is 0 Å². The van der Waals surface area contributed by atoms with Gasteiger partial charge in [0.1, 0.15) is 0 Å². The average molecular weight is 248 g/mol. The van der Waals surface area contributed by atoms with Gasteiger partial charge in [-0.1, -0.05) is 46.5 Å². The quantitative estimate of drug-likeness (QED) is 0.600. The maximum Gasteiger partial charge on any atom is 0.0863 e. The molecule has 0 aliphatic rings. The molecule has 0 bridgehead atoms. The molecule has 1 N–H and O–H groups in total. The van der Waals surface area contributed by atoms with Crippen LogP contribution < -0.4 is 0 Å². The van der Waals surface area contributed by atoms with Crippen LogP contribution in [-0.2, 0) is 4.74 Å². The highest BCUT2D eigenvalue weighted by Gasteiger charge is 2.19. The lowest BCUT2D eigenvalue weighted by Crippen LogP contribution is -2.23. The zero-order valence-electron chi connectivity index (χ0n) is 11.3. The summed E-state index contributed by atoms with van der Waals surface area (Å²) in [4.78, 5) is 0. The predicted molar refractivity (Wildman–Crippen MR) is 73.2 cm³/mol. The van der Waals surface area contributed by atoms with Crippen molar-refractivity contribution >= 4 is 11.8 Å². The Balaban J connectivity index is 3.60. The smallest absolute Gasteiger partial charge is 0.0863 e. The van der Waals surface area contributed by atoms with E-state index in [0.29, 0.717) is 6.61 Å². The lowest BCUT2D eigenvalue weighted by molar-refractivity contribution is 0.0792. The van der Waals surface area contributed by atoms with Gasteiger partial charge in [0.2, 0.25) is 0 Å². The Hall–Kier alpha value is 0.270. The molecule has 1 atom stereocenters. The fourth-order valence-corrected chi connectivity index (χ4v) is 2.64. The van der Waals surface area contributed by atoms with Crippen molar-refractivity contribution in [2.45, 2.75) is 63.7 Å². The lowest BCUT2D eigenvalue weighted by atomic mass is 10.0. The molecule has 0 saturated carbocycles. The zero-order chi connectivity index (χ0) is 12.4. The molecule has 3 heteroatoms. The third-order valence-corrected chi connectivity index (χ3v) is 4.19. The number of aliphatic hydroxyl groups is 1. The molecule has 0 aliphatic carbocycles. The SMILES string of the molecule is CCCCCCC(C)(C)SCC(O)COC. The molecule has 0 aromatic heterocycles. The number of aliphatic hydroxyl groups excluding tert-OH is 1. The summed E-state index contributed by atoms with van der Waals surface area (Å²) < 4.78 is 5.20. The summed E-state index contributed by atoms with van der Waals surface area (Å²) in [5, 5.41) is 9.58. The number of unbranched alkanes of at least 4 members (excludes halogenated alkanes) is 3. The first-order chi connectivity index (χ1) is 7.52. The van der Waals surface area contributed by atoms with Crippen molar-refractivity contribution in [2.75, 3.05) is 19.5 Å². The first-order valence-electron chi connectivity index (χ1n) is 6.33. The topological polar surface area (TPSA) is 29.5 Å². The predicted octanol–water partition coefficient (Wildman–Crippen LogP) is 3.48. The van der Waals surface area contributed by atoms with Gasteiger partial charge in [0.15, 0.2) is 0 Å². The Labute approximate surface area is 105 Å². The number of thioether (sulfide) groups is 1. The Kier molecular flexibility index (Phi) is 9.47. The molecule has 0 fully saturated rings. The summed E-state index contributed by atoms with van der Waals surface area (Å²) in [7, 11) is 1.63. The van der Waals surface area contributed by atoms with E-state index in [1.165, 1.54) is 32.1 Å². The molecule has 0 saturated heterocycles. The van der Waals surface area contributed by atoms with Gasteiger partial charge >= 0.3 is 0 Å². The van der Waals surface area contributed by atoms with Crippen LogP contribution in [0.4, 0.5) is 0 Å². The van der Waals surface area contributed by atoms with Crippen LogP contribution in [0, 0.1) is 0 Å². The highest BCUT2D eigenvalue weighted by Crippen LogP contribution is 2.30. The standard InChI is InChI=1S/C13H28O2S/c1-5-6-7-8-9-13(2,3)16-11-12(14)10-15-4/h12,14H,5-11H2,1-4H3. The van der Waals surface area contributed by atoms with E-state index in [1.54, 1.807) is 7.11 Å². The van der Waals surface area contributed by atoms with Crippen LogP contribution in [-0.4, -0.2) is 35.4 Å². The molecule has 0 aromatic carbocycles. The van der Waals surface area contributed by atoms with Crippen molar-refractivity contribution in [3.8, 4) is 0 Å². The van der Waals surface area contributed by atoms with E-state index in [1.807, 2.05) is 11.8 Å². The monoisotopic (exact) mass is 248 g/mol. The molecular weight excluding hydrogens is 220 g/mol. The van der Waals surface area contributed by atoms with Gasteiger partial charge in [-0.05, 0) is 6.42 Å². The van der Waals surface area contributed by atoms with Crippen LogP contribution in [0.15, 0.2) is 0 Å². The second-order valence-corrected chi connectivity index (χ2v) is 6.72. The van der Waals surface area contributed by atoms with E-state index in [2.05, 4.69) is 20.8 Å². The summed E-state index contributed by atoms with van der Waals surface area (Å²) in [6, 6.07) is 0. The number of hydrogen-bond donors (Lipinski definition) is 1. The third kappa shape index (κ3) is 9.49. The van der Waals surface area contributed by atoms with Gasteiger partial charge in [-0.15, -0.1) is 0 Å². The van der Waals surface area contributed by atoms with E-state index in [4.69, 9.17) is 4.74 Å². The molecule has 98 valence electrons. The fourth-order valence-electron chi connectivity index (χ4n) is 1.61. The van der Waals surface area contributed by atoms with Gasteiger partial charge in [0.25, 0.3) is 0 Å².